The number of hydrogen-bond acceptors (Lipinski definition) is 9. The molecule has 41 heavy (non-hydrogen) atoms. The largest absolute Gasteiger partial charge is 0.481 e. The van der Waals surface area contributed by atoms with Crippen LogP contribution in [-0.2, 0) is 41.8 Å². The molecule has 1 aromatic carbocycles. The Labute approximate surface area is 242 Å². The first kappa shape index (κ1) is 33.8. The average molecular weight is 595 g/mol. The molecule has 4 N–H and O–H groups in total. The van der Waals surface area contributed by atoms with E-state index in [2.05, 4.69) is 22.4 Å². The van der Waals surface area contributed by atoms with Gasteiger partial charge >= 0.3 is 17.9 Å². The molecule has 2 aromatic rings. The quantitative estimate of drug-likeness (QED) is 0.237. The number of carboxylic acid groups (broad SMARTS) is 3. The minimum Gasteiger partial charge on any atom is -0.481 e. The van der Waals surface area contributed by atoms with Crippen LogP contribution in [0.4, 0.5) is 0 Å². The van der Waals surface area contributed by atoms with E-state index in [1.54, 1.807) is 19.1 Å². The highest BCUT2D eigenvalue weighted by Crippen LogP contribution is 2.31. The molecule has 1 amide bonds. The fourth-order valence-electron chi connectivity index (χ4n) is 4.58. The summed E-state index contributed by atoms with van der Waals surface area (Å²) in [5, 5.41) is 37.5. The number of thiophene rings is 1. The number of aliphatic carboxylic acids is 3. The number of methoxy groups -OCH3 is 1. The second-order valence-electron chi connectivity index (χ2n) is 9.88. The van der Waals surface area contributed by atoms with Crippen LogP contribution in [0.15, 0.2) is 47.8 Å². The topological polar surface area (TPSA) is 174 Å². The number of hydrogen-bond donors (Lipinski definition) is 4. The summed E-state index contributed by atoms with van der Waals surface area (Å²) < 4.78 is 5.53. The molecule has 0 spiro atoms. The highest BCUT2D eigenvalue weighted by molar-refractivity contribution is 7.09. The Morgan fingerprint density at radius 1 is 1.00 bits per heavy atom. The minimum atomic E-state index is -2.74. The van der Waals surface area contributed by atoms with Crippen LogP contribution in [0.2, 0.25) is 0 Å². The van der Waals surface area contributed by atoms with Crippen LogP contribution in [0.1, 0.15) is 43.0 Å². The Balaban J connectivity index is 0.000000383. The van der Waals surface area contributed by atoms with Crippen LogP contribution in [0, 0.1) is 0 Å². The third-order valence-electron chi connectivity index (χ3n) is 6.66. The van der Waals surface area contributed by atoms with Crippen molar-refractivity contribution in [3.63, 3.8) is 0 Å². The molecule has 1 fully saturated rings. The van der Waals surface area contributed by atoms with E-state index in [0.29, 0.717) is 13.2 Å². The van der Waals surface area contributed by atoms with Crippen molar-refractivity contribution < 1.29 is 49.2 Å². The molecule has 1 saturated heterocycles. The van der Waals surface area contributed by atoms with Gasteiger partial charge in [0.1, 0.15) is 6.61 Å². The number of amides is 1. The number of benzene rings is 1. The molecule has 1 aromatic heterocycles. The van der Waals surface area contributed by atoms with Gasteiger partial charge in [-0.1, -0.05) is 36.4 Å². The Bertz CT molecular complexity index is 1100. The van der Waals surface area contributed by atoms with E-state index in [1.807, 2.05) is 41.7 Å². The molecule has 0 unspecified atom stereocenters. The summed E-state index contributed by atoms with van der Waals surface area (Å²) in [6, 6.07) is 14.3. The van der Waals surface area contributed by atoms with Gasteiger partial charge in [0.05, 0.1) is 25.0 Å². The molecule has 13 heteroatoms. The smallest absolute Gasteiger partial charge is 0.336 e. The molecule has 2 heterocycles. The zero-order valence-corrected chi connectivity index (χ0v) is 24.0. The Morgan fingerprint density at radius 2 is 1.61 bits per heavy atom. The standard InChI is InChI=1S/C22H30N2O3S.C6H8O7/c1-19(25)24(27-17-20-7-4-3-5-8-20)22(18-26-2)11-14-23(15-12-22)13-10-21-9-6-16-28-21;7-3(8)1-6(13,5(11)12)2-4(9)10/h3-9,16H,10-15,17-18H2,1-2H3;13H,1-2H2,(H,7,8)(H,9,10)(H,11,12). The van der Waals surface area contributed by atoms with Crippen LogP contribution >= 0.6 is 11.3 Å². The first-order valence-corrected chi connectivity index (χ1v) is 13.9. The van der Waals surface area contributed by atoms with Gasteiger partial charge in [0.2, 0.25) is 5.91 Å². The summed E-state index contributed by atoms with van der Waals surface area (Å²) in [4.78, 5) is 52.8. The van der Waals surface area contributed by atoms with Crippen LogP contribution in [-0.4, -0.2) is 98.7 Å². The van der Waals surface area contributed by atoms with E-state index >= 15 is 0 Å². The summed E-state index contributed by atoms with van der Waals surface area (Å²) in [6.45, 7) is 5.37. The number of likely N-dealkylation sites (tertiary alicyclic amines) is 1. The lowest BCUT2D eigenvalue weighted by Crippen LogP contribution is -2.59. The molecule has 0 aliphatic carbocycles. The lowest BCUT2D eigenvalue weighted by Gasteiger charge is -2.47. The number of aliphatic hydroxyl groups is 1. The van der Waals surface area contributed by atoms with Crippen molar-refractivity contribution in [2.24, 2.45) is 0 Å². The third kappa shape index (κ3) is 10.9. The maximum absolute atomic E-state index is 12.4. The van der Waals surface area contributed by atoms with Crippen molar-refractivity contribution in [1.29, 1.82) is 0 Å². The number of ether oxygens (including phenoxy) is 1. The predicted octanol–water partition coefficient (Wildman–Crippen LogP) is 2.50. The number of piperidine rings is 1. The fourth-order valence-corrected chi connectivity index (χ4v) is 5.28. The van der Waals surface area contributed by atoms with Crippen LogP contribution in [0.25, 0.3) is 0 Å². The third-order valence-corrected chi connectivity index (χ3v) is 7.60. The normalized spacial score (nSPS) is 14.9. The molecule has 3 rings (SSSR count). The van der Waals surface area contributed by atoms with Crippen molar-refractivity contribution in [3.8, 4) is 0 Å². The first-order chi connectivity index (χ1) is 19.4. The highest BCUT2D eigenvalue weighted by Gasteiger charge is 2.43. The first-order valence-electron chi connectivity index (χ1n) is 13.0. The van der Waals surface area contributed by atoms with Gasteiger partial charge in [-0.05, 0) is 36.3 Å². The number of hydroxylamine groups is 2. The zero-order chi connectivity index (χ0) is 30.5. The summed E-state index contributed by atoms with van der Waals surface area (Å²) in [5.74, 6) is -5.09. The summed E-state index contributed by atoms with van der Waals surface area (Å²) in [6.07, 6.45) is 0.485. The van der Waals surface area contributed by atoms with E-state index in [4.69, 9.17) is 30.0 Å². The fraction of sp³-hybridized carbons (Fsp3) is 0.500. The molecule has 12 nitrogen and oxygen atoms in total. The average Bonchev–Trinajstić information content (AvgIpc) is 3.42. The van der Waals surface area contributed by atoms with Crippen molar-refractivity contribution in [1.82, 2.24) is 9.96 Å². The zero-order valence-electron chi connectivity index (χ0n) is 23.2. The Morgan fingerprint density at radius 3 is 2.07 bits per heavy atom. The summed E-state index contributed by atoms with van der Waals surface area (Å²) in [5.41, 5.74) is -2.10. The SMILES string of the molecule is COCC1(N(OCc2ccccc2)C(C)=O)CCN(CCc2cccs2)CC1.O=C(O)CC(O)(CC(=O)O)C(=O)O. The summed E-state index contributed by atoms with van der Waals surface area (Å²) >= 11 is 1.81. The molecule has 1 aliphatic heterocycles. The van der Waals surface area contributed by atoms with E-state index in [0.717, 1.165) is 44.5 Å². The molecular formula is C28H38N2O10S. The van der Waals surface area contributed by atoms with Crippen molar-refractivity contribution in [3.05, 3.63) is 58.3 Å². The van der Waals surface area contributed by atoms with Gasteiger partial charge in [-0.3, -0.25) is 19.2 Å². The Hall–Kier alpha value is -3.36. The van der Waals surface area contributed by atoms with Crippen molar-refractivity contribution >= 4 is 35.2 Å². The second kappa shape index (κ2) is 16.2. The Kier molecular flexibility index (Phi) is 13.4. The van der Waals surface area contributed by atoms with Gasteiger partial charge in [0.25, 0.3) is 0 Å². The molecule has 226 valence electrons. The molecule has 0 radical (unpaired) electrons. The second-order valence-corrected chi connectivity index (χ2v) is 10.9. The van der Waals surface area contributed by atoms with Crippen molar-refractivity contribution in [2.45, 2.75) is 56.8 Å². The highest BCUT2D eigenvalue weighted by atomic mass is 32.1. The van der Waals surface area contributed by atoms with Crippen LogP contribution < -0.4 is 0 Å². The minimum absolute atomic E-state index is 0.0694. The van der Waals surface area contributed by atoms with Gasteiger partial charge in [-0.2, -0.15) is 0 Å². The van der Waals surface area contributed by atoms with Gasteiger partial charge in [0, 0.05) is 38.5 Å². The van der Waals surface area contributed by atoms with Crippen LogP contribution in [0.5, 0.6) is 0 Å². The molecule has 1 aliphatic rings. The lowest BCUT2D eigenvalue weighted by atomic mass is 9.87. The predicted molar refractivity (Wildman–Crippen MR) is 149 cm³/mol. The van der Waals surface area contributed by atoms with E-state index in [-0.39, 0.29) is 5.91 Å². The van der Waals surface area contributed by atoms with Gasteiger partial charge in [-0.25, -0.2) is 9.86 Å². The maximum Gasteiger partial charge on any atom is 0.336 e. The number of rotatable bonds is 14. The lowest BCUT2D eigenvalue weighted by molar-refractivity contribution is -0.243. The van der Waals surface area contributed by atoms with E-state index in [9.17, 15) is 19.2 Å². The number of carboxylic acids is 3. The molecule has 0 bridgehead atoms. The van der Waals surface area contributed by atoms with Gasteiger partial charge < -0.3 is 30.1 Å². The van der Waals surface area contributed by atoms with Crippen molar-refractivity contribution in [2.75, 3.05) is 33.4 Å². The van der Waals surface area contributed by atoms with Gasteiger partial charge in [0.15, 0.2) is 5.60 Å². The monoisotopic (exact) mass is 594 g/mol. The molecular weight excluding hydrogens is 556 g/mol. The summed E-state index contributed by atoms with van der Waals surface area (Å²) in [7, 11) is 1.69. The number of carbonyl (C=O) groups is 4. The van der Waals surface area contributed by atoms with Gasteiger partial charge in [-0.15, -0.1) is 11.3 Å². The van der Waals surface area contributed by atoms with E-state index in [1.165, 1.54) is 4.88 Å². The number of nitrogens with zero attached hydrogens (tertiary/aromatic N) is 2. The van der Waals surface area contributed by atoms with E-state index < -0.39 is 41.9 Å². The molecule has 0 saturated carbocycles. The van der Waals surface area contributed by atoms with Crippen LogP contribution in [0.3, 0.4) is 0 Å². The number of carbonyl (C=O) groups excluding carboxylic acids is 1. The molecule has 0 atom stereocenters. The maximum atomic E-state index is 12.4.